The van der Waals surface area contributed by atoms with Crippen LogP contribution in [-0.2, 0) is 0 Å². The second kappa shape index (κ2) is 18.2. The van der Waals surface area contributed by atoms with Crippen molar-refractivity contribution in [2.24, 2.45) is 0 Å². The summed E-state index contributed by atoms with van der Waals surface area (Å²) in [5, 5.41) is 0. The molecular formula is C20H44P2. The molecule has 2 heteroatoms. The van der Waals surface area contributed by atoms with E-state index in [0.717, 1.165) is 0 Å². The van der Waals surface area contributed by atoms with Gasteiger partial charge in [-0.25, -0.2) is 0 Å². The molecule has 0 aromatic rings. The van der Waals surface area contributed by atoms with Crippen LogP contribution in [0.5, 0.6) is 0 Å². The maximum atomic E-state index is 2.36. The molecule has 0 amide bonds. The Hall–Kier alpha value is 0.860. The summed E-state index contributed by atoms with van der Waals surface area (Å²) in [6, 6.07) is 0. The van der Waals surface area contributed by atoms with Gasteiger partial charge in [-0.15, -0.1) is 15.8 Å². The molecule has 0 aliphatic rings. The van der Waals surface area contributed by atoms with Gasteiger partial charge < -0.3 is 0 Å². The van der Waals surface area contributed by atoms with Crippen LogP contribution in [0.25, 0.3) is 0 Å². The second-order valence-corrected chi connectivity index (χ2v) is 12.2. The van der Waals surface area contributed by atoms with Crippen LogP contribution in [0.2, 0.25) is 0 Å². The standard InChI is InChI=1S/C20H44P2/c1-5-15-21(16-6-2)19-13-11-9-10-12-14-20-22(17-7-3)18-8-4/h5-20H2,1-4H3. The maximum Gasteiger partial charge on any atom is -0.0326 e. The van der Waals surface area contributed by atoms with Gasteiger partial charge >= 0.3 is 0 Å². The van der Waals surface area contributed by atoms with Crippen LogP contribution in [0.3, 0.4) is 0 Å². The minimum atomic E-state index is 0.397. The zero-order chi connectivity index (χ0) is 16.5. The highest BCUT2D eigenvalue weighted by Gasteiger charge is 2.06. The summed E-state index contributed by atoms with van der Waals surface area (Å²) < 4.78 is 0. The van der Waals surface area contributed by atoms with Gasteiger partial charge in [-0.1, -0.05) is 79.1 Å². The fraction of sp³-hybridized carbons (Fsp3) is 1.00. The second-order valence-electron chi connectivity index (χ2n) is 6.80. The quantitative estimate of drug-likeness (QED) is 0.185. The molecule has 134 valence electrons. The van der Waals surface area contributed by atoms with E-state index >= 15 is 0 Å². The van der Waals surface area contributed by atoms with Crippen molar-refractivity contribution in [2.45, 2.75) is 91.9 Å². The third-order valence-electron chi connectivity index (χ3n) is 4.36. The normalized spacial score (nSPS) is 11.7. The molecule has 0 N–H and O–H groups in total. The van der Waals surface area contributed by atoms with E-state index in [1.807, 2.05) is 0 Å². The highest BCUT2D eigenvalue weighted by molar-refractivity contribution is 7.57. The van der Waals surface area contributed by atoms with E-state index in [-0.39, 0.29) is 0 Å². The molecule has 0 radical (unpaired) electrons. The summed E-state index contributed by atoms with van der Waals surface area (Å²) in [6.07, 6.45) is 23.9. The van der Waals surface area contributed by atoms with Gasteiger partial charge in [0.15, 0.2) is 0 Å². The first-order chi connectivity index (χ1) is 10.8. The minimum Gasteiger partial charge on any atom is -0.107 e. The number of unbranched alkanes of at least 4 members (excludes halogenated alkanes) is 5. The first kappa shape index (κ1) is 22.9. The van der Waals surface area contributed by atoms with Gasteiger partial charge in [0.05, 0.1) is 0 Å². The van der Waals surface area contributed by atoms with Gasteiger partial charge in [-0.05, 0) is 49.8 Å². The molecule has 0 aromatic carbocycles. The molecule has 0 nitrogen and oxygen atoms in total. The Morgan fingerprint density at radius 2 is 0.636 bits per heavy atom. The first-order valence-electron chi connectivity index (χ1n) is 10.2. The van der Waals surface area contributed by atoms with Crippen LogP contribution in [0, 0.1) is 0 Å². The summed E-state index contributed by atoms with van der Waals surface area (Å²) >= 11 is 0. The highest BCUT2D eigenvalue weighted by Crippen LogP contribution is 2.39. The van der Waals surface area contributed by atoms with Crippen LogP contribution in [0.4, 0.5) is 0 Å². The lowest BCUT2D eigenvalue weighted by Crippen LogP contribution is -1.95. The van der Waals surface area contributed by atoms with Crippen molar-refractivity contribution in [3.8, 4) is 0 Å². The molecule has 0 spiro atoms. The average Bonchev–Trinajstić information content (AvgIpc) is 2.50. The van der Waals surface area contributed by atoms with E-state index in [9.17, 15) is 0 Å². The van der Waals surface area contributed by atoms with Crippen LogP contribution in [0.15, 0.2) is 0 Å². The summed E-state index contributed by atoms with van der Waals surface area (Å²) in [5.74, 6) is 0. The minimum absolute atomic E-state index is 0.397. The summed E-state index contributed by atoms with van der Waals surface area (Å²) in [4.78, 5) is 0. The Bertz CT molecular complexity index is 172. The van der Waals surface area contributed by atoms with Crippen molar-refractivity contribution >= 4 is 15.8 Å². The lowest BCUT2D eigenvalue weighted by atomic mass is 10.1. The van der Waals surface area contributed by atoms with Gasteiger partial charge in [0.1, 0.15) is 0 Å². The molecule has 0 atom stereocenters. The van der Waals surface area contributed by atoms with Crippen molar-refractivity contribution in [3.63, 3.8) is 0 Å². The molecule has 0 aliphatic heterocycles. The molecule has 0 fully saturated rings. The fourth-order valence-electron chi connectivity index (χ4n) is 3.31. The van der Waals surface area contributed by atoms with Crippen LogP contribution >= 0.6 is 15.8 Å². The Morgan fingerprint density at radius 1 is 0.364 bits per heavy atom. The molecule has 0 heterocycles. The third kappa shape index (κ3) is 14.5. The van der Waals surface area contributed by atoms with E-state index in [2.05, 4.69) is 27.7 Å². The fourth-order valence-corrected chi connectivity index (χ4v) is 8.53. The summed E-state index contributed by atoms with van der Waals surface area (Å²) in [5.41, 5.74) is 0. The SMILES string of the molecule is CCCP(CCC)CCCCCCCCP(CCC)CCC. The third-order valence-corrected chi connectivity index (χ3v) is 10.6. The van der Waals surface area contributed by atoms with Crippen LogP contribution in [0.1, 0.15) is 91.9 Å². The molecule has 0 saturated heterocycles. The lowest BCUT2D eigenvalue weighted by Gasteiger charge is -2.16. The lowest BCUT2D eigenvalue weighted by molar-refractivity contribution is 0.627. The zero-order valence-corrected chi connectivity index (χ0v) is 18.0. The van der Waals surface area contributed by atoms with Crippen molar-refractivity contribution in [1.29, 1.82) is 0 Å². The smallest absolute Gasteiger partial charge is 0.0326 e. The van der Waals surface area contributed by atoms with Crippen LogP contribution < -0.4 is 0 Å². The van der Waals surface area contributed by atoms with Crippen molar-refractivity contribution in [2.75, 3.05) is 37.0 Å². The largest absolute Gasteiger partial charge is 0.107 e. The Kier molecular flexibility index (Phi) is 18.9. The summed E-state index contributed by atoms with van der Waals surface area (Å²) in [6.45, 7) is 9.43. The summed E-state index contributed by atoms with van der Waals surface area (Å²) in [7, 11) is 0.794. The molecule has 0 saturated carbocycles. The average molecular weight is 347 g/mol. The Balaban J connectivity index is 3.44. The molecule has 0 aromatic heterocycles. The van der Waals surface area contributed by atoms with Gasteiger partial charge in [-0.3, -0.25) is 0 Å². The number of rotatable bonds is 17. The van der Waals surface area contributed by atoms with Gasteiger partial charge in [-0.2, -0.15) is 0 Å². The monoisotopic (exact) mass is 346 g/mol. The van der Waals surface area contributed by atoms with E-state index in [1.54, 1.807) is 12.3 Å². The van der Waals surface area contributed by atoms with E-state index in [4.69, 9.17) is 0 Å². The van der Waals surface area contributed by atoms with Crippen molar-refractivity contribution in [3.05, 3.63) is 0 Å². The predicted molar refractivity (Wildman–Crippen MR) is 112 cm³/mol. The zero-order valence-electron chi connectivity index (χ0n) is 16.2. The maximum absolute atomic E-state index is 2.36. The molecular weight excluding hydrogens is 302 g/mol. The number of hydrogen-bond donors (Lipinski definition) is 0. The molecule has 0 unspecified atom stereocenters. The first-order valence-corrected chi connectivity index (χ1v) is 14.0. The Morgan fingerprint density at radius 3 is 0.909 bits per heavy atom. The van der Waals surface area contributed by atoms with Gasteiger partial charge in [0.25, 0.3) is 0 Å². The molecule has 0 bridgehead atoms. The van der Waals surface area contributed by atoms with E-state index in [1.165, 1.54) is 88.9 Å². The highest BCUT2D eigenvalue weighted by atomic mass is 31.1. The van der Waals surface area contributed by atoms with Crippen molar-refractivity contribution < 1.29 is 0 Å². The van der Waals surface area contributed by atoms with E-state index < -0.39 is 0 Å². The molecule has 22 heavy (non-hydrogen) atoms. The molecule has 0 rings (SSSR count). The Labute approximate surface area is 145 Å². The number of hydrogen-bond acceptors (Lipinski definition) is 0. The molecule has 0 aliphatic carbocycles. The van der Waals surface area contributed by atoms with Gasteiger partial charge in [0.2, 0.25) is 0 Å². The van der Waals surface area contributed by atoms with E-state index in [0.29, 0.717) is 15.8 Å². The topological polar surface area (TPSA) is 0 Å². The predicted octanol–water partition coefficient (Wildman–Crippen LogP) is 7.93. The van der Waals surface area contributed by atoms with Crippen molar-refractivity contribution in [1.82, 2.24) is 0 Å². The van der Waals surface area contributed by atoms with Gasteiger partial charge in [0, 0.05) is 0 Å². The van der Waals surface area contributed by atoms with Crippen LogP contribution in [-0.4, -0.2) is 37.0 Å².